The zero-order valence-corrected chi connectivity index (χ0v) is 15.0. The van der Waals surface area contributed by atoms with Crippen molar-refractivity contribution in [2.45, 2.75) is 20.1 Å². The van der Waals surface area contributed by atoms with Gasteiger partial charge in [-0.15, -0.1) is 20.1 Å². The number of fused-ring (bicyclic) bond motifs is 2. The first kappa shape index (κ1) is 17.4. The third-order valence-corrected chi connectivity index (χ3v) is 5.07. The molecule has 1 aliphatic heterocycles. The minimum absolute atomic E-state index is 0.0964. The molecule has 0 bridgehead atoms. The van der Waals surface area contributed by atoms with Crippen molar-refractivity contribution in [1.82, 2.24) is 9.97 Å². The zero-order chi connectivity index (χ0) is 19.2. The van der Waals surface area contributed by atoms with Crippen molar-refractivity contribution in [1.29, 1.82) is 0 Å². The third kappa shape index (κ3) is 3.35. The van der Waals surface area contributed by atoms with Gasteiger partial charge in [-0.3, -0.25) is 4.79 Å². The van der Waals surface area contributed by atoms with Crippen LogP contribution in [0.4, 0.5) is 14.5 Å². The average molecular weight is 393 g/mol. The van der Waals surface area contributed by atoms with Crippen LogP contribution in [-0.4, -0.2) is 28.8 Å². The number of nitrogens with zero attached hydrogens (tertiary/aromatic N) is 2. The van der Waals surface area contributed by atoms with Crippen LogP contribution in [0.25, 0.3) is 10.2 Å². The maximum Gasteiger partial charge on any atom is 0.586 e. The maximum atomic E-state index is 13.0. The molecule has 27 heavy (non-hydrogen) atoms. The first-order chi connectivity index (χ1) is 12.8. The van der Waals surface area contributed by atoms with Crippen molar-refractivity contribution in [3.05, 3.63) is 35.0 Å². The van der Waals surface area contributed by atoms with Gasteiger partial charge in [0, 0.05) is 16.6 Å². The number of benzene rings is 1. The van der Waals surface area contributed by atoms with E-state index in [9.17, 15) is 13.6 Å². The van der Waals surface area contributed by atoms with Gasteiger partial charge in [0.2, 0.25) is 5.88 Å². The smallest absolute Gasteiger partial charge is 0.467 e. The summed E-state index contributed by atoms with van der Waals surface area (Å²) < 4.78 is 40.3. The highest BCUT2D eigenvalue weighted by Crippen LogP contribution is 2.42. The molecule has 2 aromatic heterocycles. The first-order valence-electron chi connectivity index (χ1n) is 7.85. The molecule has 1 aliphatic rings. The Morgan fingerprint density at radius 3 is 2.85 bits per heavy atom. The Kier molecular flexibility index (Phi) is 4.06. The summed E-state index contributed by atoms with van der Waals surface area (Å²) in [6.45, 7) is 3.61. The van der Waals surface area contributed by atoms with E-state index in [4.69, 9.17) is 4.74 Å². The number of ether oxygens (including phenoxy) is 3. The van der Waals surface area contributed by atoms with E-state index < -0.39 is 12.2 Å². The SMILES string of the molecule is Cc1sc2ncnc(OCC(=O)Nc3ccc4c(c3)OC(F)(F)O4)c2c1C. The summed E-state index contributed by atoms with van der Waals surface area (Å²) in [7, 11) is 0. The highest BCUT2D eigenvalue weighted by molar-refractivity contribution is 7.18. The predicted octanol–water partition coefficient (Wildman–Crippen LogP) is 3.65. The number of hydrogen-bond acceptors (Lipinski definition) is 7. The quantitative estimate of drug-likeness (QED) is 0.729. The molecule has 10 heteroatoms. The second-order valence-corrected chi connectivity index (χ2v) is 7.01. The molecule has 1 N–H and O–H groups in total. The van der Waals surface area contributed by atoms with Crippen molar-refractivity contribution in [3.63, 3.8) is 0 Å². The Balaban J connectivity index is 1.44. The van der Waals surface area contributed by atoms with Gasteiger partial charge in [0.25, 0.3) is 5.91 Å². The lowest BCUT2D eigenvalue weighted by atomic mass is 10.2. The van der Waals surface area contributed by atoms with Crippen molar-refractivity contribution < 1.29 is 27.8 Å². The number of hydrogen-bond donors (Lipinski definition) is 1. The summed E-state index contributed by atoms with van der Waals surface area (Å²) in [6.07, 6.45) is -2.33. The molecule has 3 heterocycles. The van der Waals surface area contributed by atoms with Crippen molar-refractivity contribution in [3.8, 4) is 17.4 Å². The van der Waals surface area contributed by atoms with E-state index in [-0.39, 0.29) is 23.8 Å². The molecule has 1 amide bonds. The van der Waals surface area contributed by atoms with E-state index in [1.807, 2.05) is 13.8 Å². The molecule has 0 radical (unpaired) electrons. The highest BCUT2D eigenvalue weighted by Gasteiger charge is 2.43. The lowest BCUT2D eigenvalue weighted by Gasteiger charge is -2.08. The minimum Gasteiger partial charge on any atom is -0.467 e. The van der Waals surface area contributed by atoms with E-state index in [1.54, 1.807) is 0 Å². The van der Waals surface area contributed by atoms with Crippen LogP contribution in [0.15, 0.2) is 24.5 Å². The van der Waals surface area contributed by atoms with Gasteiger partial charge in [0.05, 0.1) is 5.39 Å². The summed E-state index contributed by atoms with van der Waals surface area (Å²) in [5.41, 5.74) is 1.28. The van der Waals surface area contributed by atoms with E-state index >= 15 is 0 Å². The van der Waals surface area contributed by atoms with Crippen molar-refractivity contribution >= 4 is 33.1 Å². The van der Waals surface area contributed by atoms with Gasteiger partial charge >= 0.3 is 6.29 Å². The fourth-order valence-corrected chi connectivity index (χ4v) is 3.60. The number of amides is 1. The number of carbonyl (C=O) groups is 1. The van der Waals surface area contributed by atoms with Gasteiger partial charge in [0.15, 0.2) is 18.1 Å². The fraction of sp³-hybridized carbons (Fsp3) is 0.235. The number of alkyl halides is 2. The number of aromatic nitrogens is 2. The van der Waals surface area contributed by atoms with Crippen molar-refractivity contribution in [2.75, 3.05) is 11.9 Å². The van der Waals surface area contributed by atoms with Crippen LogP contribution in [0.1, 0.15) is 10.4 Å². The molecular formula is C17H13F2N3O4S. The lowest BCUT2D eigenvalue weighted by Crippen LogP contribution is -2.25. The number of carbonyl (C=O) groups excluding carboxylic acids is 1. The minimum atomic E-state index is -3.71. The predicted molar refractivity (Wildman–Crippen MR) is 93.7 cm³/mol. The summed E-state index contributed by atoms with van der Waals surface area (Å²) >= 11 is 1.52. The van der Waals surface area contributed by atoms with Crippen LogP contribution < -0.4 is 19.5 Å². The molecule has 1 aromatic carbocycles. The van der Waals surface area contributed by atoms with E-state index in [0.717, 1.165) is 20.7 Å². The van der Waals surface area contributed by atoms with E-state index in [1.165, 1.54) is 35.9 Å². The average Bonchev–Trinajstić information content (AvgIpc) is 3.07. The lowest BCUT2D eigenvalue weighted by molar-refractivity contribution is -0.286. The van der Waals surface area contributed by atoms with Gasteiger partial charge < -0.3 is 19.5 Å². The van der Waals surface area contributed by atoms with Crippen LogP contribution in [0.2, 0.25) is 0 Å². The fourth-order valence-electron chi connectivity index (χ4n) is 2.62. The largest absolute Gasteiger partial charge is 0.586 e. The Morgan fingerprint density at radius 2 is 2.04 bits per heavy atom. The number of nitrogens with one attached hydrogen (secondary N) is 1. The van der Waals surface area contributed by atoms with Crippen LogP contribution in [0, 0.1) is 13.8 Å². The van der Waals surface area contributed by atoms with Gasteiger partial charge in [-0.25, -0.2) is 9.97 Å². The number of aryl methyl sites for hydroxylation is 2. The van der Waals surface area contributed by atoms with Gasteiger partial charge in [-0.2, -0.15) is 0 Å². The van der Waals surface area contributed by atoms with E-state index in [0.29, 0.717) is 5.88 Å². The normalized spacial score (nSPS) is 14.4. The molecule has 0 fully saturated rings. The number of halogens is 2. The van der Waals surface area contributed by atoms with Crippen LogP contribution in [0.3, 0.4) is 0 Å². The van der Waals surface area contributed by atoms with Gasteiger partial charge in [0.1, 0.15) is 11.2 Å². The molecule has 0 aliphatic carbocycles. The summed E-state index contributed by atoms with van der Waals surface area (Å²) in [5, 5.41) is 3.33. The van der Waals surface area contributed by atoms with Crippen molar-refractivity contribution in [2.24, 2.45) is 0 Å². The van der Waals surface area contributed by atoms with E-state index in [2.05, 4.69) is 24.8 Å². The monoisotopic (exact) mass is 393 g/mol. The summed E-state index contributed by atoms with van der Waals surface area (Å²) in [5.74, 6) is -0.402. The molecule has 3 aromatic rings. The standard InChI is InChI=1S/C17H13F2N3O4S/c1-8-9(2)27-16-14(8)15(20-7-21-16)24-6-13(23)22-10-3-4-11-12(5-10)26-17(18,19)25-11/h3-5,7H,6H2,1-2H3,(H,22,23). The van der Waals surface area contributed by atoms with Crippen LogP contribution in [-0.2, 0) is 4.79 Å². The third-order valence-electron chi connectivity index (χ3n) is 3.96. The number of rotatable bonds is 4. The van der Waals surface area contributed by atoms with Crippen LogP contribution >= 0.6 is 11.3 Å². The zero-order valence-electron chi connectivity index (χ0n) is 14.2. The molecule has 0 unspecified atom stereocenters. The number of anilines is 1. The molecule has 140 valence electrons. The maximum absolute atomic E-state index is 13.0. The molecule has 4 rings (SSSR count). The molecular weight excluding hydrogens is 380 g/mol. The molecule has 0 saturated carbocycles. The van der Waals surface area contributed by atoms with Gasteiger partial charge in [-0.05, 0) is 31.5 Å². The number of thiophene rings is 1. The summed E-state index contributed by atoms with van der Waals surface area (Å²) in [6, 6.07) is 3.97. The topological polar surface area (TPSA) is 82.6 Å². The summed E-state index contributed by atoms with van der Waals surface area (Å²) in [4.78, 5) is 22.3. The molecule has 7 nitrogen and oxygen atoms in total. The molecule has 0 spiro atoms. The van der Waals surface area contributed by atoms with Gasteiger partial charge in [-0.1, -0.05) is 0 Å². The molecule has 0 atom stereocenters. The Bertz CT molecular complexity index is 1050. The first-order valence-corrected chi connectivity index (χ1v) is 8.67. The second kappa shape index (κ2) is 6.31. The van der Waals surface area contributed by atoms with Crippen LogP contribution in [0.5, 0.6) is 17.4 Å². The Labute approximate surface area is 155 Å². The second-order valence-electron chi connectivity index (χ2n) is 5.81. The Morgan fingerprint density at radius 1 is 1.26 bits per heavy atom. The Hall–Kier alpha value is -3.01. The molecule has 0 saturated heterocycles. The highest BCUT2D eigenvalue weighted by atomic mass is 32.1.